The quantitative estimate of drug-likeness (QED) is 0.602. The lowest BCUT2D eigenvalue weighted by Crippen LogP contribution is -2.24. The molecule has 27 heavy (non-hydrogen) atoms. The average molecular weight is 384 g/mol. The summed E-state index contributed by atoms with van der Waals surface area (Å²) >= 11 is 1.35. The first kappa shape index (κ1) is 18.7. The standard InChI is InChI=1S/C20H17FN2O3S/c21-15-5-9-17(10-6-15)27-13-19(24)22-12-14-3-7-16(8-4-14)23-20(25)18-2-1-11-26-18/h1-11H,12-13H2,(H,22,24)(H,23,25). The van der Waals surface area contributed by atoms with Crippen LogP contribution in [0.15, 0.2) is 76.2 Å². The maximum atomic E-state index is 12.8. The molecule has 1 aromatic heterocycles. The van der Waals surface area contributed by atoms with Gasteiger partial charge in [-0.1, -0.05) is 12.1 Å². The van der Waals surface area contributed by atoms with Crippen LogP contribution in [0.4, 0.5) is 10.1 Å². The van der Waals surface area contributed by atoms with Crippen LogP contribution in [0, 0.1) is 5.82 Å². The van der Waals surface area contributed by atoms with Gasteiger partial charge in [0, 0.05) is 17.1 Å². The van der Waals surface area contributed by atoms with Crippen molar-refractivity contribution >= 4 is 29.3 Å². The van der Waals surface area contributed by atoms with E-state index < -0.39 is 0 Å². The van der Waals surface area contributed by atoms with E-state index in [0.717, 1.165) is 10.5 Å². The van der Waals surface area contributed by atoms with Gasteiger partial charge in [0.15, 0.2) is 5.76 Å². The van der Waals surface area contributed by atoms with E-state index in [-0.39, 0.29) is 29.1 Å². The first-order valence-corrected chi connectivity index (χ1v) is 9.17. The number of carbonyl (C=O) groups is 2. The Morgan fingerprint density at radius 1 is 1.00 bits per heavy atom. The Bertz CT molecular complexity index is 894. The van der Waals surface area contributed by atoms with Gasteiger partial charge in [-0.15, -0.1) is 11.8 Å². The number of carbonyl (C=O) groups excluding carboxylic acids is 2. The van der Waals surface area contributed by atoms with E-state index >= 15 is 0 Å². The van der Waals surface area contributed by atoms with Gasteiger partial charge in [-0.2, -0.15) is 0 Å². The van der Waals surface area contributed by atoms with Crippen LogP contribution in [0.2, 0.25) is 0 Å². The summed E-state index contributed by atoms with van der Waals surface area (Å²) in [6.45, 7) is 0.384. The van der Waals surface area contributed by atoms with Gasteiger partial charge in [-0.05, 0) is 54.1 Å². The smallest absolute Gasteiger partial charge is 0.291 e. The van der Waals surface area contributed by atoms with Gasteiger partial charge in [-0.25, -0.2) is 4.39 Å². The Morgan fingerprint density at radius 2 is 1.74 bits per heavy atom. The number of hydrogen-bond acceptors (Lipinski definition) is 4. The number of amides is 2. The summed E-state index contributed by atoms with van der Waals surface area (Å²) in [7, 11) is 0. The number of benzene rings is 2. The Balaban J connectivity index is 1.43. The molecular weight excluding hydrogens is 367 g/mol. The molecule has 5 nitrogen and oxygen atoms in total. The molecule has 0 atom stereocenters. The molecule has 2 aromatic carbocycles. The average Bonchev–Trinajstić information content (AvgIpc) is 3.22. The summed E-state index contributed by atoms with van der Waals surface area (Å²) in [5, 5.41) is 5.56. The normalized spacial score (nSPS) is 10.4. The summed E-state index contributed by atoms with van der Waals surface area (Å²) in [5.41, 5.74) is 1.55. The van der Waals surface area contributed by atoms with Crippen LogP contribution < -0.4 is 10.6 Å². The highest BCUT2D eigenvalue weighted by atomic mass is 32.2. The molecule has 0 aliphatic rings. The molecule has 0 saturated heterocycles. The SMILES string of the molecule is O=C(CSc1ccc(F)cc1)NCc1ccc(NC(=O)c2ccco2)cc1. The van der Waals surface area contributed by atoms with Crippen molar-refractivity contribution < 1.29 is 18.4 Å². The minimum absolute atomic E-state index is 0.112. The van der Waals surface area contributed by atoms with Gasteiger partial charge in [0.25, 0.3) is 5.91 Å². The zero-order valence-electron chi connectivity index (χ0n) is 14.3. The highest BCUT2D eigenvalue weighted by Crippen LogP contribution is 2.17. The predicted octanol–water partition coefficient (Wildman–Crippen LogP) is 4.08. The number of halogens is 1. The van der Waals surface area contributed by atoms with Crippen LogP contribution >= 0.6 is 11.8 Å². The van der Waals surface area contributed by atoms with E-state index in [1.165, 1.54) is 30.2 Å². The van der Waals surface area contributed by atoms with Crippen molar-refractivity contribution in [3.63, 3.8) is 0 Å². The third-order valence-corrected chi connectivity index (χ3v) is 4.64. The molecule has 0 fully saturated rings. The van der Waals surface area contributed by atoms with E-state index in [0.29, 0.717) is 12.2 Å². The van der Waals surface area contributed by atoms with Crippen molar-refractivity contribution in [1.82, 2.24) is 5.32 Å². The van der Waals surface area contributed by atoms with Gasteiger partial charge in [0.05, 0.1) is 12.0 Å². The van der Waals surface area contributed by atoms with Crippen LogP contribution in [0.5, 0.6) is 0 Å². The highest BCUT2D eigenvalue weighted by molar-refractivity contribution is 8.00. The van der Waals surface area contributed by atoms with E-state index in [1.807, 2.05) is 12.1 Å². The Morgan fingerprint density at radius 3 is 2.41 bits per heavy atom. The largest absolute Gasteiger partial charge is 0.459 e. The van der Waals surface area contributed by atoms with Crippen LogP contribution in [0.3, 0.4) is 0 Å². The summed E-state index contributed by atoms with van der Waals surface area (Å²) in [6.07, 6.45) is 1.44. The number of hydrogen-bond donors (Lipinski definition) is 2. The lowest BCUT2D eigenvalue weighted by molar-refractivity contribution is -0.118. The van der Waals surface area contributed by atoms with Gasteiger partial charge in [0.1, 0.15) is 5.82 Å². The van der Waals surface area contributed by atoms with Crippen molar-refractivity contribution in [2.45, 2.75) is 11.4 Å². The number of furan rings is 1. The van der Waals surface area contributed by atoms with Crippen molar-refractivity contribution in [1.29, 1.82) is 0 Å². The minimum Gasteiger partial charge on any atom is -0.459 e. The molecule has 0 spiro atoms. The third-order valence-electron chi connectivity index (χ3n) is 3.63. The van der Waals surface area contributed by atoms with Crippen molar-refractivity contribution in [2.24, 2.45) is 0 Å². The lowest BCUT2D eigenvalue weighted by atomic mass is 10.2. The molecule has 3 rings (SSSR count). The van der Waals surface area contributed by atoms with Crippen molar-refractivity contribution in [3.05, 3.63) is 84.1 Å². The van der Waals surface area contributed by atoms with Crippen molar-refractivity contribution in [3.8, 4) is 0 Å². The Labute approximate surface area is 160 Å². The fourth-order valence-electron chi connectivity index (χ4n) is 2.24. The molecule has 7 heteroatoms. The molecule has 2 N–H and O–H groups in total. The van der Waals surface area contributed by atoms with Crippen molar-refractivity contribution in [2.75, 3.05) is 11.1 Å². The zero-order valence-corrected chi connectivity index (χ0v) is 15.1. The molecule has 0 unspecified atom stereocenters. The molecule has 0 bridgehead atoms. The van der Waals surface area contributed by atoms with E-state index in [2.05, 4.69) is 10.6 Å². The van der Waals surface area contributed by atoms with Gasteiger partial charge in [-0.3, -0.25) is 9.59 Å². The maximum Gasteiger partial charge on any atom is 0.291 e. The number of rotatable bonds is 7. The second kappa shape index (κ2) is 9.05. The molecule has 2 amide bonds. The summed E-state index contributed by atoms with van der Waals surface area (Å²) < 4.78 is 17.9. The topological polar surface area (TPSA) is 71.3 Å². The van der Waals surface area contributed by atoms with E-state index in [1.54, 1.807) is 36.4 Å². The molecule has 0 saturated carbocycles. The van der Waals surface area contributed by atoms with Crippen LogP contribution in [0.25, 0.3) is 0 Å². The zero-order chi connectivity index (χ0) is 19.1. The van der Waals surface area contributed by atoms with Gasteiger partial charge in [0.2, 0.25) is 5.91 Å². The number of anilines is 1. The summed E-state index contributed by atoms with van der Waals surface area (Å²) in [4.78, 5) is 24.7. The molecule has 0 aliphatic carbocycles. The van der Waals surface area contributed by atoms with Gasteiger partial charge >= 0.3 is 0 Å². The number of nitrogens with one attached hydrogen (secondary N) is 2. The lowest BCUT2D eigenvalue weighted by Gasteiger charge is -2.07. The summed E-state index contributed by atoms with van der Waals surface area (Å²) in [5.74, 6) is -0.237. The van der Waals surface area contributed by atoms with E-state index in [4.69, 9.17) is 4.42 Å². The maximum absolute atomic E-state index is 12.8. The molecular formula is C20H17FN2O3S. The van der Waals surface area contributed by atoms with Crippen LogP contribution in [0.1, 0.15) is 16.1 Å². The minimum atomic E-state index is -0.320. The van der Waals surface area contributed by atoms with Crippen LogP contribution in [-0.4, -0.2) is 17.6 Å². The fraction of sp³-hybridized carbons (Fsp3) is 0.100. The second-order valence-corrected chi connectivity index (χ2v) is 6.70. The highest BCUT2D eigenvalue weighted by Gasteiger charge is 2.08. The Kier molecular flexibility index (Phi) is 6.27. The fourth-order valence-corrected chi connectivity index (χ4v) is 2.97. The molecule has 0 aliphatic heterocycles. The first-order chi connectivity index (χ1) is 13.1. The van der Waals surface area contributed by atoms with E-state index in [9.17, 15) is 14.0 Å². The monoisotopic (exact) mass is 384 g/mol. The predicted molar refractivity (Wildman–Crippen MR) is 102 cm³/mol. The molecule has 0 radical (unpaired) electrons. The number of thioether (sulfide) groups is 1. The second-order valence-electron chi connectivity index (χ2n) is 5.65. The molecule has 1 heterocycles. The third kappa shape index (κ3) is 5.72. The van der Waals surface area contributed by atoms with Crippen LogP contribution in [-0.2, 0) is 11.3 Å². The van der Waals surface area contributed by atoms with Gasteiger partial charge < -0.3 is 15.1 Å². The molecule has 3 aromatic rings. The first-order valence-electron chi connectivity index (χ1n) is 8.19. The molecule has 138 valence electrons. The Hall–Kier alpha value is -3.06. The summed E-state index contributed by atoms with van der Waals surface area (Å²) in [6, 6.07) is 16.4.